The lowest BCUT2D eigenvalue weighted by Crippen LogP contribution is -2.42. The van der Waals surface area contributed by atoms with Crippen LogP contribution in [0.25, 0.3) is 0 Å². The molecule has 19 heavy (non-hydrogen) atoms. The van der Waals surface area contributed by atoms with Gasteiger partial charge in [-0.25, -0.2) is 0 Å². The smallest absolute Gasteiger partial charge is 0.272 e. The second-order valence-corrected chi connectivity index (χ2v) is 6.63. The lowest BCUT2D eigenvalue weighted by atomic mass is 9.82. The number of halogens is 1. The van der Waals surface area contributed by atoms with Crippen LogP contribution in [0, 0.1) is 15.5 Å². The lowest BCUT2D eigenvalue weighted by molar-refractivity contribution is -0.385. The summed E-state index contributed by atoms with van der Waals surface area (Å²) >= 11 is 3.38. The number of nitrogens with zero attached hydrogens (tertiary/aromatic N) is 1. The zero-order chi connectivity index (χ0) is 14.6. The highest BCUT2D eigenvalue weighted by Gasteiger charge is 2.26. The van der Waals surface area contributed by atoms with Gasteiger partial charge in [0.2, 0.25) is 0 Å². The first-order valence-electron chi connectivity index (χ1n) is 6.42. The van der Waals surface area contributed by atoms with Gasteiger partial charge in [0.25, 0.3) is 5.69 Å². The first kappa shape index (κ1) is 16.1. The van der Waals surface area contributed by atoms with Crippen LogP contribution in [0.4, 0.5) is 5.69 Å². The van der Waals surface area contributed by atoms with Crippen LogP contribution >= 0.6 is 15.9 Å². The summed E-state index contributed by atoms with van der Waals surface area (Å²) in [6.45, 7) is 9.33. The summed E-state index contributed by atoms with van der Waals surface area (Å²) in [7, 11) is 0. The molecule has 0 fully saturated rings. The molecular formula is C14H21BrN2O2. The van der Waals surface area contributed by atoms with Crippen molar-refractivity contribution in [1.82, 2.24) is 5.32 Å². The molecule has 0 heterocycles. The van der Waals surface area contributed by atoms with Crippen molar-refractivity contribution in [2.75, 3.05) is 6.54 Å². The number of likely N-dealkylation sites (N-methyl/N-ethyl adjacent to an activating group) is 1. The molecule has 1 atom stereocenters. The number of nitro groups is 1. The fourth-order valence-corrected chi connectivity index (χ4v) is 2.46. The molecule has 106 valence electrons. The van der Waals surface area contributed by atoms with E-state index in [-0.39, 0.29) is 22.1 Å². The number of rotatable bonds is 5. The highest BCUT2D eigenvalue weighted by Crippen LogP contribution is 2.28. The summed E-state index contributed by atoms with van der Waals surface area (Å²) in [6.07, 6.45) is 0.646. The van der Waals surface area contributed by atoms with Gasteiger partial charge in [-0.15, -0.1) is 0 Å². The molecule has 1 rings (SSSR count). The lowest BCUT2D eigenvalue weighted by Gasteiger charge is -2.31. The molecule has 0 saturated carbocycles. The van der Waals surface area contributed by atoms with E-state index in [1.165, 1.54) is 0 Å². The standard InChI is InChI=1S/C14H21BrN2O2/c1-5-16-13(14(2,3)4)9-10-8-11(15)6-7-12(10)17(18)19/h6-8,13,16H,5,9H2,1-4H3. The van der Waals surface area contributed by atoms with Crippen LogP contribution in [-0.2, 0) is 6.42 Å². The summed E-state index contributed by atoms with van der Waals surface area (Å²) < 4.78 is 0.872. The van der Waals surface area contributed by atoms with Crippen LogP contribution in [0.15, 0.2) is 22.7 Å². The summed E-state index contributed by atoms with van der Waals surface area (Å²) in [4.78, 5) is 10.8. The van der Waals surface area contributed by atoms with Crippen molar-refractivity contribution in [2.24, 2.45) is 5.41 Å². The predicted octanol–water partition coefficient (Wildman–Crippen LogP) is 3.92. The second kappa shape index (κ2) is 6.48. The Kier molecular flexibility index (Phi) is 5.50. The second-order valence-electron chi connectivity index (χ2n) is 5.71. The Morgan fingerprint density at radius 3 is 2.53 bits per heavy atom. The van der Waals surface area contributed by atoms with Crippen molar-refractivity contribution in [3.63, 3.8) is 0 Å². The van der Waals surface area contributed by atoms with E-state index in [0.29, 0.717) is 6.42 Å². The normalized spacial score (nSPS) is 13.3. The SMILES string of the molecule is CCNC(Cc1cc(Br)ccc1[N+](=O)[O-])C(C)(C)C. The quantitative estimate of drug-likeness (QED) is 0.658. The van der Waals surface area contributed by atoms with Crippen molar-refractivity contribution in [3.05, 3.63) is 38.3 Å². The zero-order valence-electron chi connectivity index (χ0n) is 11.9. The van der Waals surface area contributed by atoms with E-state index >= 15 is 0 Å². The molecule has 0 aliphatic carbocycles. The van der Waals surface area contributed by atoms with Gasteiger partial charge in [0.15, 0.2) is 0 Å². The van der Waals surface area contributed by atoms with Crippen molar-refractivity contribution < 1.29 is 4.92 Å². The van der Waals surface area contributed by atoms with Crippen LogP contribution in [-0.4, -0.2) is 17.5 Å². The molecule has 1 N–H and O–H groups in total. The van der Waals surface area contributed by atoms with E-state index in [2.05, 4.69) is 42.0 Å². The Morgan fingerprint density at radius 1 is 1.42 bits per heavy atom. The number of nitrogens with one attached hydrogen (secondary N) is 1. The molecule has 0 radical (unpaired) electrons. The van der Waals surface area contributed by atoms with Crippen molar-refractivity contribution in [1.29, 1.82) is 0 Å². The molecule has 0 spiro atoms. The average molecular weight is 329 g/mol. The van der Waals surface area contributed by atoms with Crippen molar-refractivity contribution in [3.8, 4) is 0 Å². The maximum atomic E-state index is 11.1. The Balaban J connectivity index is 3.08. The summed E-state index contributed by atoms with van der Waals surface area (Å²) in [5.41, 5.74) is 1.00. The summed E-state index contributed by atoms with van der Waals surface area (Å²) in [6, 6.07) is 5.31. The van der Waals surface area contributed by atoms with E-state index in [4.69, 9.17) is 0 Å². The number of hydrogen-bond donors (Lipinski definition) is 1. The molecular weight excluding hydrogens is 308 g/mol. The topological polar surface area (TPSA) is 55.2 Å². The fourth-order valence-electron chi connectivity index (χ4n) is 2.05. The van der Waals surface area contributed by atoms with Crippen LogP contribution in [0.2, 0.25) is 0 Å². The number of benzene rings is 1. The number of nitro benzene ring substituents is 1. The van der Waals surface area contributed by atoms with E-state index in [1.807, 2.05) is 13.0 Å². The van der Waals surface area contributed by atoms with E-state index in [9.17, 15) is 10.1 Å². The molecule has 0 aliphatic heterocycles. The minimum Gasteiger partial charge on any atom is -0.313 e. The van der Waals surface area contributed by atoms with Crippen LogP contribution < -0.4 is 5.32 Å². The van der Waals surface area contributed by atoms with Crippen LogP contribution in [0.1, 0.15) is 33.3 Å². The molecule has 1 aromatic carbocycles. The zero-order valence-corrected chi connectivity index (χ0v) is 13.5. The fraction of sp³-hybridized carbons (Fsp3) is 0.571. The number of hydrogen-bond acceptors (Lipinski definition) is 3. The van der Waals surface area contributed by atoms with Gasteiger partial charge in [-0.1, -0.05) is 43.6 Å². The Bertz CT molecular complexity index is 455. The Morgan fingerprint density at radius 2 is 2.05 bits per heavy atom. The third kappa shape index (κ3) is 4.58. The van der Waals surface area contributed by atoms with Gasteiger partial charge in [0.05, 0.1) is 4.92 Å². The van der Waals surface area contributed by atoms with E-state index in [1.54, 1.807) is 12.1 Å². The Hall–Kier alpha value is -0.940. The molecule has 0 amide bonds. The first-order valence-corrected chi connectivity index (χ1v) is 7.21. The maximum Gasteiger partial charge on any atom is 0.272 e. The molecule has 0 bridgehead atoms. The average Bonchev–Trinajstić information content (AvgIpc) is 2.26. The summed E-state index contributed by atoms with van der Waals surface area (Å²) in [5, 5.41) is 14.5. The Labute approximate surface area is 122 Å². The maximum absolute atomic E-state index is 11.1. The van der Waals surface area contributed by atoms with E-state index in [0.717, 1.165) is 16.6 Å². The largest absolute Gasteiger partial charge is 0.313 e. The highest BCUT2D eigenvalue weighted by molar-refractivity contribution is 9.10. The third-order valence-electron chi connectivity index (χ3n) is 3.16. The van der Waals surface area contributed by atoms with Crippen LogP contribution in [0.3, 0.4) is 0 Å². The summed E-state index contributed by atoms with van der Waals surface area (Å²) in [5.74, 6) is 0. The van der Waals surface area contributed by atoms with Crippen molar-refractivity contribution in [2.45, 2.75) is 40.2 Å². The van der Waals surface area contributed by atoms with Gasteiger partial charge in [-0.2, -0.15) is 0 Å². The third-order valence-corrected chi connectivity index (χ3v) is 3.65. The minimum absolute atomic E-state index is 0.0478. The predicted molar refractivity (Wildman–Crippen MR) is 81.4 cm³/mol. The molecule has 0 aliphatic rings. The van der Waals surface area contributed by atoms with Crippen LogP contribution in [0.5, 0.6) is 0 Å². The van der Waals surface area contributed by atoms with Gasteiger partial charge in [0, 0.05) is 22.1 Å². The first-order chi connectivity index (χ1) is 8.75. The minimum atomic E-state index is -0.312. The molecule has 1 unspecified atom stereocenters. The van der Waals surface area contributed by atoms with E-state index < -0.39 is 0 Å². The van der Waals surface area contributed by atoms with Gasteiger partial charge in [0.1, 0.15) is 0 Å². The van der Waals surface area contributed by atoms with Crippen molar-refractivity contribution >= 4 is 21.6 Å². The molecule has 5 heteroatoms. The monoisotopic (exact) mass is 328 g/mol. The van der Waals surface area contributed by atoms with Gasteiger partial charge in [-0.3, -0.25) is 10.1 Å². The van der Waals surface area contributed by atoms with Gasteiger partial charge < -0.3 is 5.32 Å². The molecule has 0 saturated heterocycles. The highest BCUT2D eigenvalue weighted by atomic mass is 79.9. The van der Waals surface area contributed by atoms with Gasteiger partial charge >= 0.3 is 0 Å². The molecule has 0 aromatic heterocycles. The molecule has 1 aromatic rings. The molecule has 4 nitrogen and oxygen atoms in total. The van der Waals surface area contributed by atoms with Gasteiger partial charge in [-0.05, 0) is 30.5 Å².